The van der Waals surface area contributed by atoms with Gasteiger partial charge < -0.3 is 4.74 Å². The standard InChI is InChI=1S/C19H18N4O2S/c1-12-10-18(24)21-19(20-12)23-16(17-4-3-9-26-17)11-15(22-23)13-5-7-14(25-2)8-6-13/h3-10,16H,11H2,1-2H3,(H,20,21,24)/t16-/m1/s1. The lowest BCUT2D eigenvalue weighted by molar-refractivity contribution is 0.415. The van der Waals surface area contributed by atoms with Crippen molar-refractivity contribution in [2.45, 2.75) is 19.4 Å². The zero-order valence-corrected chi connectivity index (χ0v) is 15.3. The molecule has 2 aromatic heterocycles. The van der Waals surface area contributed by atoms with Gasteiger partial charge in [0.05, 0.1) is 18.9 Å². The molecule has 0 fully saturated rings. The summed E-state index contributed by atoms with van der Waals surface area (Å²) in [6.07, 6.45) is 0.741. The van der Waals surface area contributed by atoms with Gasteiger partial charge in [0.15, 0.2) is 0 Å². The number of hydrogen-bond donors (Lipinski definition) is 1. The summed E-state index contributed by atoms with van der Waals surface area (Å²) in [5.41, 5.74) is 2.48. The number of methoxy groups -OCH3 is 1. The monoisotopic (exact) mass is 366 g/mol. The molecule has 0 saturated heterocycles. The average Bonchev–Trinajstić information content (AvgIpc) is 3.30. The van der Waals surface area contributed by atoms with E-state index in [-0.39, 0.29) is 11.6 Å². The highest BCUT2D eigenvalue weighted by Gasteiger charge is 2.32. The van der Waals surface area contributed by atoms with Crippen LogP contribution >= 0.6 is 11.3 Å². The molecule has 6 nitrogen and oxygen atoms in total. The lowest BCUT2D eigenvalue weighted by Crippen LogP contribution is -2.23. The maximum Gasteiger partial charge on any atom is 0.252 e. The van der Waals surface area contributed by atoms with Gasteiger partial charge in [-0.25, -0.2) is 9.99 Å². The summed E-state index contributed by atoms with van der Waals surface area (Å²) in [6.45, 7) is 1.81. The molecule has 0 unspecified atom stereocenters. The maximum absolute atomic E-state index is 11.9. The molecular weight excluding hydrogens is 348 g/mol. The molecule has 0 saturated carbocycles. The smallest absolute Gasteiger partial charge is 0.252 e. The molecule has 1 atom stereocenters. The molecule has 3 heterocycles. The largest absolute Gasteiger partial charge is 0.497 e. The number of aromatic amines is 1. The van der Waals surface area contributed by atoms with Crippen LogP contribution in [0.25, 0.3) is 0 Å². The number of hydrazone groups is 1. The lowest BCUT2D eigenvalue weighted by atomic mass is 10.0. The summed E-state index contributed by atoms with van der Waals surface area (Å²) in [7, 11) is 1.65. The summed E-state index contributed by atoms with van der Waals surface area (Å²) in [5, 5.41) is 8.65. The van der Waals surface area contributed by atoms with Gasteiger partial charge in [0.25, 0.3) is 5.56 Å². The number of H-pyrrole nitrogens is 1. The number of aromatic nitrogens is 2. The molecule has 0 aliphatic carbocycles. The van der Waals surface area contributed by atoms with Gasteiger partial charge in [-0.15, -0.1) is 11.3 Å². The lowest BCUT2D eigenvalue weighted by Gasteiger charge is -2.21. The Kier molecular flexibility index (Phi) is 4.30. The van der Waals surface area contributed by atoms with E-state index in [0.29, 0.717) is 11.6 Å². The molecule has 0 spiro atoms. The average molecular weight is 366 g/mol. The van der Waals surface area contributed by atoms with E-state index in [2.05, 4.69) is 16.0 Å². The molecule has 1 aromatic carbocycles. The van der Waals surface area contributed by atoms with Gasteiger partial charge in [0.1, 0.15) is 5.75 Å². The Morgan fingerprint density at radius 3 is 2.73 bits per heavy atom. The zero-order valence-electron chi connectivity index (χ0n) is 14.5. The number of rotatable bonds is 4. The van der Waals surface area contributed by atoms with Gasteiger partial charge in [-0.2, -0.15) is 5.10 Å². The first-order chi connectivity index (χ1) is 12.6. The topological polar surface area (TPSA) is 70.6 Å². The van der Waals surface area contributed by atoms with E-state index in [1.54, 1.807) is 18.4 Å². The third kappa shape index (κ3) is 3.13. The second-order valence-electron chi connectivity index (χ2n) is 6.07. The van der Waals surface area contributed by atoms with Crippen LogP contribution in [0.4, 0.5) is 5.95 Å². The summed E-state index contributed by atoms with van der Waals surface area (Å²) >= 11 is 1.68. The molecule has 4 rings (SSSR count). The van der Waals surface area contributed by atoms with Crippen LogP contribution in [0.3, 0.4) is 0 Å². The molecule has 3 aromatic rings. The van der Waals surface area contributed by atoms with Crippen molar-refractivity contribution in [3.8, 4) is 5.75 Å². The highest BCUT2D eigenvalue weighted by Crippen LogP contribution is 2.37. The predicted octanol–water partition coefficient (Wildman–Crippen LogP) is 3.50. The van der Waals surface area contributed by atoms with Crippen LogP contribution in [-0.4, -0.2) is 22.8 Å². The van der Waals surface area contributed by atoms with Crippen molar-refractivity contribution in [3.05, 3.63) is 74.3 Å². The summed E-state index contributed by atoms with van der Waals surface area (Å²) in [6, 6.07) is 13.4. The molecule has 132 valence electrons. The van der Waals surface area contributed by atoms with Crippen molar-refractivity contribution in [2.75, 3.05) is 12.1 Å². The first-order valence-electron chi connectivity index (χ1n) is 8.26. The minimum Gasteiger partial charge on any atom is -0.497 e. The Balaban J connectivity index is 1.75. The number of nitrogens with zero attached hydrogens (tertiary/aromatic N) is 3. The first kappa shape index (κ1) is 16.5. The van der Waals surface area contributed by atoms with Gasteiger partial charge in [-0.1, -0.05) is 6.07 Å². The molecule has 1 N–H and O–H groups in total. The second kappa shape index (κ2) is 6.76. The number of benzene rings is 1. The molecule has 1 aliphatic rings. The number of aryl methyl sites for hydroxylation is 1. The predicted molar refractivity (Wildman–Crippen MR) is 103 cm³/mol. The van der Waals surface area contributed by atoms with Crippen molar-refractivity contribution >= 4 is 23.0 Å². The molecule has 0 radical (unpaired) electrons. The normalized spacial score (nSPS) is 16.6. The van der Waals surface area contributed by atoms with Crippen LogP contribution in [-0.2, 0) is 0 Å². The van der Waals surface area contributed by atoms with E-state index in [1.807, 2.05) is 47.6 Å². The van der Waals surface area contributed by atoms with E-state index in [4.69, 9.17) is 9.84 Å². The highest BCUT2D eigenvalue weighted by molar-refractivity contribution is 7.10. The number of ether oxygens (including phenoxy) is 1. The minimum absolute atomic E-state index is 0.0112. The molecule has 0 bridgehead atoms. The van der Waals surface area contributed by atoms with Crippen LogP contribution in [0, 0.1) is 6.92 Å². The first-order valence-corrected chi connectivity index (χ1v) is 9.14. The summed E-state index contributed by atoms with van der Waals surface area (Å²) in [4.78, 5) is 20.4. The fourth-order valence-electron chi connectivity index (χ4n) is 3.04. The van der Waals surface area contributed by atoms with Crippen LogP contribution in [0.5, 0.6) is 5.75 Å². The van der Waals surface area contributed by atoms with E-state index < -0.39 is 0 Å². The molecule has 0 amide bonds. The van der Waals surface area contributed by atoms with Gasteiger partial charge >= 0.3 is 0 Å². The van der Waals surface area contributed by atoms with E-state index in [1.165, 1.54) is 10.9 Å². The molecule has 7 heteroatoms. The highest BCUT2D eigenvalue weighted by atomic mass is 32.1. The third-order valence-electron chi connectivity index (χ3n) is 4.28. The SMILES string of the molecule is COc1ccc(C2=NN(c3nc(C)cc(=O)[nH]3)[C@@H](c3cccs3)C2)cc1. The third-order valence-corrected chi connectivity index (χ3v) is 5.25. The van der Waals surface area contributed by atoms with E-state index in [9.17, 15) is 4.79 Å². The van der Waals surface area contributed by atoms with Crippen LogP contribution < -0.4 is 15.3 Å². The maximum atomic E-state index is 11.9. The van der Waals surface area contributed by atoms with E-state index in [0.717, 1.165) is 23.4 Å². The van der Waals surface area contributed by atoms with Crippen molar-refractivity contribution in [1.29, 1.82) is 0 Å². The Labute approximate surface area is 154 Å². The number of anilines is 1. The van der Waals surface area contributed by atoms with Gasteiger partial charge in [-0.05, 0) is 48.2 Å². The van der Waals surface area contributed by atoms with Gasteiger partial charge in [-0.3, -0.25) is 9.78 Å². The van der Waals surface area contributed by atoms with Crippen molar-refractivity contribution in [3.63, 3.8) is 0 Å². The second-order valence-corrected chi connectivity index (χ2v) is 7.04. The van der Waals surface area contributed by atoms with Crippen LogP contribution in [0.15, 0.2) is 57.7 Å². The van der Waals surface area contributed by atoms with Crippen LogP contribution in [0.2, 0.25) is 0 Å². The number of thiophene rings is 1. The Morgan fingerprint density at radius 2 is 2.08 bits per heavy atom. The van der Waals surface area contributed by atoms with Crippen molar-refractivity contribution in [2.24, 2.45) is 5.10 Å². The zero-order chi connectivity index (χ0) is 18.1. The van der Waals surface area contributed by atoms with Crippen LogP contribution in [0.1, 0.15) is 28.6 Å². The van der Waals surface area contributed by atoms with E-state index >= 15 is 0 Å². The number of nitrogens with one attached hydrogen (secondary N) is 1. The number of hydrogen-bond acceptors (Lipinski definition) is 6. The summed E-state index contributed by atoms with van der Waals surface area (Å²) in [5.74, 6) is 1.28. The minimum atomic E-state index is -0.175. The molecule has 1 aliphatic heterocycles. The fourth-order valence-corrected chi connectivity index (χ4v) is 3.85. The summed E-state index contributed by atoms with van der Waals surface area (Å²) < 4.78 is 5.23. The quantitative estimate of drug-likeness (QED) is 0.767. The van der Waals surface area contributed by atoms with Gasteiger partial charge in [0, 0.05) is 23.1 Å². The molecule has 26 heavy (non-hydrogen) atoms. The Bertz CT molecular complexity index is 993. The van der Waals surface area contributed by atoms with Gasteiger partial charge in [0.2, 0.25) is 5.95 Å². The van der Waals surface area contributed by atoms with Crippen molar-refractivity contribution in [1.82, 2.24) is 9.97 Å². The molecular formula is C19H18N4O2S. The van der Waals surface area contributed by atoms with Crippen molar-refractivity contribution < 1.29 is 4.74 Å². The Hall–Kier alpha value is -2.93. The Morgan fingerprint density at radius 1 is 1.27 bits per heavy atom. The fraction of sp³-hybridized carbons (Fsp3) is 0.211.